The predicted octanol–water partition coefficient (Wildman–Crippen LogP) is 6.41. The summed E-state index contributed by atoms with van der Waals surface area (Å²) in [6.45, 7) is 4.96. The number of aliphatic carboxylic acids is 1. The molecule has 0 fully saturated rings. The molecule has 0 rings (SSSR count). The van der Waals surface area contributed by atoms with Crippen molar-refractivity contribution in [3.05, 3.63) is 12.2 Å². The lowest BCUT2D eigenvalue weighted by molar-refractivity contribution is -0.464. The molecule has 0 aromatic heterocycles. The van der Waals surface area contributed by atoms with Gasteiger partial charge < -0.3 is 10.2 Å². The molecule has 0 aliphatic heterocycles. The molecule has 0 heterocycles. The topological polar surface area (TPSA) is 57.5 Å². The predicted molar refractivity (Wildman–Crippen MR) is 79.4 cm³/mol. The largest absolute Gasteiger partial charge is 0.478 e. The van der Waals surface area contributed by atoms with E-state index in [1.807, 2.05) is 0 Å². The van der Waals surface area contributed by atoms with Gasteiger partial charge in [-0.25, -0.2) is 4.79 Å². The lowest BCUT2D eigenvalue weighted by atomic mass is 9.87. The van der Waals surface area contributed by atoms with Gasteiger partial charge >= 0.3 is 53.6 Å². The van der Waals surface area contributed by atoms with Crippen LogP contribution >= 0.6 is 0 Å². The summed E-state index contributed by atoms with van der Waals surface area (Å²) >= 11 is 0. The number of alkyl halides is 17. The highest BCUT2D eigenvalue weighted by Gasteiger charge is 2.95. The lowest BCUT2D eigenvalue weighted by Crippen LogP contribution is -2.75. The van der Waals surface area contributed by atoms with Crippen LogP contribution in [0.1, 0.15) is 20.3 Å². The summed E-state index contributed by atoms with van der Waals surface area (Å²) in [6.07, 6.45) is -13.4. The summed E-state index contributed by atoms with van der Waals surface area (Å²) in [5, 5.41) is 16.4. The molecule has 35 heavy (non-hydrogen) atoms. The fourth-order valence-corrected chi connectivity index (χ4v) is 1.64. The lowest BCUT2D eigenvalue weighted by Gasteiger charge is -2.43. The molecular weight excluding hydrogens is 551 g/mol. The second-order valence-electron chi connectivity index (χ2n) is 6.58. The first kappa shape index (κ1) is 35.1. The zero-order valence-corrected chi connectivity index (χ0v) is 16.7. The number of aliphatic hydroxyl groups excluding tert-OH is 1. The van der Waals surface area contributed by atoms with E-state index >= 15 is 0 Å². The van der Waals surface area contributed by atoms with E-state index in [9.17, 15) is 79.4 Å². The smallest absolute Gasteiger partial charge is 0.460 e. The van der Waals surface area contributed by atoms with E-state index in [0.717, 1.165) is 0 Å². The zero-order chi connectivity index (χ0) is 29.4. The molecule has 1 atom stereocenters. The van der Waals surface area contributed by atoms with Crippen LogP contribution in [-0.2, 0) is 4.79 Å². The Morgan fingerprint density at radius 3 is 1.09 bits per heavy atom. The molecule has 1 unspecified atom stereocenters. The molecule has 0 saturated heterocycles. The summed E-state index contributed by atoms with van der Waals surface area (Å²) in [6, 6.07) is 0. The molecule has 20 heteroatoms. The van der Waals surface area contributed by atoms with Gasteiger partial charge in [-0.3, -0.25) is 0 Å². The van der Waals surface area contributed by atoms with Crippen LogP contribution in [0.3, 0.4) is 0 Å². The van der Waals surface area contributed by atoms with Crippen LogP contribution in [-0.4, -0.2) is 69.9 Å². The maximum absolute atomic E-state index is 13.3. The molecule has 0 aliphatic rings. The highest BCUT2D eigenvalue weighted by molar-refractivity contribution is 5.84. The monoisotopic (exact) mass is 564 g/mol. The van der Waals surface area contributed by atoms with Crippen molar-refractivity contribution in [1.82, 2.24) is 0 Å². The molecule has 0 bridgehead atoms. The van der Waals surface area contributed by atoms with Crippen LogP contribution in [0.25, 0.3) is 0 Å². The molecule has 0 aliphatic carbocycles. The Kier molecular flexibility index (Phi) is 9.83. The fourth-order valence-electron chi connectivity index (χ4n) is 1.64. The molecule has 210 valence electrons. The Bertz CT molecular complexity index is 757. The summed E-state index contributed by atoms with van der Waals surface area (Å²) in [5.41, 5.74) is 0.176. The van der Waals surface area contributed by atoms with Crippen molar-refractivity contribution >= 4 is 5.97 Å². The Morgan fingerprint density at radius 1 is 0.657 bits per heavy atom. The molecule has 0 aromatic rings. The minimum absolute atomic E-state index is 0.176. The number of aliphatic hydroxyl groups is 1. The molecule has 0 spiro atoms. The number of carbonyl (C=O) groups is 1. The third kappa shape index (κ3) is 5.40. The van der Waals surface area contributed by atoms with Crippen LogP contribution in [0.15, 0.2) is 12.2 Å². The first-order valence-electron chi connectivity index (χ1n) is 8.16. The molecular formula is C15H13F17O3. The third-order valence-corrected chi connectivity index (χ3v) is 3.92. The van der Waals surface area contributed by atoms with Crippen molar-refractivity contribution in [2.24, 2.45) is 0 Å². The summed E-state index contributed by atoms with van der Waals surface area (Å²) in [4.78, 5) is 9.60. The minimum Gasteiger partial charge on any atom is -0.478 e. The van der Waals surface area contributed by atoms with Gasteiger partial charge in [-0.15, -0.1) is 0 Å². The van der Waals surface area contributed by atoms with Crippen LogP contribution in [0.4, 0.5) is 74.6 Å². The van der Waals surface area contributed by atoms with Gasteiger partial charge in [-0.05, 0) is 13.3 Å². The van der Waals surface area contributed by atoms with Crippen molar-refractivity contribution < 1.29 is 89.6 Å². The molecule has 0 radical (unpaired) electrons. The van der Waals surface area contributed by atoms with Gasteiger partial charge in [0.05, 0.1) is 0 Å². The summed E-state index contributed by atoms with van der Waals surface area (Å²) < 4.78 is 218. The minimum atomic E-state index is -8.65. The van der Waals surface area contributed by atoms with Crippen molar-refractivity contribution in [3.63, 3.8) is 0 Å². The number of carboxylic acid groups (broad SMARTS) is 1. The van der Waals surface area contributed by atoms with Gasteiger partial charge in [-0.1, -0.05) is 13.5 Å². The molecule has 0 amide bonds. The Morgan fingerprint density at radius 2 is 0.886 bits per heavy atom. The number of rotatable bonds is 9. The van der Waals surface area contributed by atoms with Crippen molar-refractivity contribution in [3.8, 4) is 0 Å². The number of hydrogen-bond acceptors (Lipinski definition) is 2. The second kappa shape index (κ2) is 9.79. The van der Waals surface area contributed by atoms with Gasteiger partial charge in [0.2, 0.25) is 0 Å². The van der Waals surface area contributed by atoms with Crippen LogP contribution < -0.4 is 0 Å². The highest BCUT2D eigenvalue weighted by atomic mass is 19.4. The number of carboxylic acids is 1. The van der Waals surface area contributed by atoms with E-state index in [1.165, 1.54) is 6.92 Å². The summed E-state index contributed by atoms with van der Waals surface area (Å²) in [7, 11) is 0. The van der Waals surface area contributed by atoms with E-state index in [1.54, 1.807) is 0 Å². The van der Waals surface area contributed by atoms with Gasteiger partial charge in [0.1, 0.15) is 6.10 Å². The fraction of sp³-hybridized carbons (Fsp3) is 0.800. The standard InChI is InChI=1S/C11H7F17O.C4H6O2/c1-2-3(29)4(12,13)5(14,15)6(16,17)7(18,19)8(20,21)9(22,23)10(24,25)11(26,27)28;1-3(2)4(5)6/h3,29H,2H2,1H3;1H2,2H3,(H,5,6). The van der Waals surface area contributed by atoms with E-state index in [-0.39, 0.29) is 5.57 Å². The van der Waals surface area contributed by atoms with Crippen molar-refractivity contribution in [1.29, 1.82) is 0 Å². The van der Waals surface area contributed by atoms with Crippen LogP contribution in [0.5, 0.6) is 0 Å². The van der Waals surface area contributed by atoms with Gasteiger partial charge in [-0.2, -0.15) is 74.6 Å². The Hall–Kier alpha value is -2.02. The van der Waals surface area contributed by atoms with Crippen molar-refractivity contribution in [2.45, 2.75) is 74.0 Å². The van der Waals surface area contributed by atoms with E-state index < -0.39 is 66.1 Å². The Balaban J connectivity index is 0. The van der Waals surface area contributed by atoms with Crippen LogP contribution in [0, 0.1) is 0 Å². The normalized spacial score (nSPS) is 15.8. The first-order chi connectivity index (χ1) is 14.9. The van der Waals surface area contributed by atoms with Crippen molar-refractivity contribution in [2.75, 3.05) is 0 Å². The van der Waals surface area contributed by atoms with Gasteiger partial charge in [0.15, 0.2) is 0 Å². The van der Waals surface area contributed by atoms with E-state index in [2.05, 4.69) is 6.58 Å². The maximum Gasteiger partial charge on any atom is 0.460 e. The molecule has 3 nitrogen and oxygen atoms in total. The van der Waals surface area contributed by atoms with Gasteiger partial charge in [0.25, 0.3) is 0 Å². The third-order valence-electron chi connectivity index (χ3n) is 3.92. The van der Waals surface area contributed by atoms with Crippen LogP contribution in [0.2, 0.25) is 0 Å². The molecule has 2 N–H and O–H groups in total. The maximum atomic E-state index is 13.3. The molecule has 0 aromatic carbocycles. The summed E-state index contributed by atoms with van der Waals surface area (Å²) in [5.74, 6) is -57.8. The second-order valence-corrected chi connectivity index (χ2v) is 6.58. The van der Waals surface area contributed by atoms with E-state index in [4.69, 9.17) is 10.2 Å². The highest BCUT2D eigenvalue weighted by Crippen LogP contribution is 2.64. The Labute approximate surface area is 183 Å². The van der Waals surface area contributed by atoms with E-state index in [0.29, 0.717) is 6.92 Å². The average molecular weight is 564 g/mol. The van der Waals surface area contributed by atoms with Gasteiger partial charge in [0, 0.05) is 5.57 Å². The number of hydrogen-bond donors (Lipinski definition) is 2. The molecule has 0 saturated carbocycles. The quantitative estimate of drug-likeness (QED) is 0.251. The SMILES string of the molecule is C=C(C)C(=O)O.CCC(O)C(F)(F)C(F)(F)C(F)(F)C(F)(F)C(F)(F)C(F)(F)C(F)(F)C(F)(F)F. The zero-order valence-electron chi connectivity index (χ0n) is 16.7. The average Bonchev–Trinajstić information content (AvgIpc) is 2.65. The first-order valence-corrected chi connectivity index (χ1v) is 8.16. The number of halogens is 17.